The zero-order valence-corrected chi connectivity index (χ0v) is 9.65. The van der Waals surface area contributed by atoms with Gasteiger partial charge in [-0.2, -0.15) is 0 Å². The number of anilines is 1. The van der Waals surface area contributed by atoms with E-state index in [0.29, 0.717) is 5.56 Å². The zero-order valence-electron chi connectivity index (χ0n) is 9.65. The van der Waals surface area contributed by atoms with Gasteiger partial charge >= 0.3 is 0 Å². The fourth-order valence-corrected chi connectivity index (χ4v) is 2.30. The van der Waals surface area contributed by atoms with Gasteiger partial charge in [-0.1, -0.05) is 12.1 Å². The number of aromatic nitrogens is 2. The summed E-state index contributed by atoms with van der Waals surface area (Å²) in [6.45, 7) is 2.65. The molecule has 1 unspecified atom stereocenters. The maximum Gasteiger partial charge on any atom is 0.203 e. The van der Waals surface area contributed by atoms with Crippen molar-refractivity contribution in [2.24, 2.45) is 0 Å². The predicted molar refractivity (Wildman–Crippen MR) is 64.6 cm³/mol. The average molecular weight is 231 g/mol. The van der Waals surface area contributed by atoms with Crippen LogP contribution < -0.4 is 5.32 Å². The van der Waals surface area contributed by atoms with Crippen LogP contribution in [-0.2, 0) is 0 Å². The Morgan fingerprint density at radius 3 is 3.18 bits per heavy atom. The van der Waals surface area contributed by atoms with Crippen molar-refractivity contribution in [3.63, 3.8) is 0 Å². The second kappa shape index (κ2) is 3.87. The van der Waals surface area contributed by atoms with Crippen molar-refractivity contribution in [2.45, 2.75) is 19.4 Å². The molecule has 0 bridgehead atoms. The van der Waals surface area contributed by atoms with Gasteiger partial charge in [0.25, 0.3) is 0 Å². The third-order valence-electron chi connectivity index (χ3n) is 3.29. The minimum absolute atomic E-state index is 0.136. The van der Waals surface area contributed by atoms with Gasteiger partial charge in [-0.3, -0.25) is 0 Å². The monoisotopic (exact) mass is 231 g/mol. The lowest BCUT2D eigenvalue weighted by atomic mass is 10.0. The van der Waals surface area contributed by atoms with Crippen molar-refractivity contribution in [3.8, 4) is 0 Å². The van der Waals surface area contributed by atoms with Crippen LogP contribution in [0, 0.1) is 12.7 Å². The SMILES string of the molecule is Cc1ccc(C2CCNc3nccn32)cc1F. The van der Waals surface area contributed by atoms with Crippen LogP contribution in [0.5, 0.6) is 0 Å². The first-order valence-corrected chi connectivity index (χ1v) is 5.78. The highest BCUT2D eigenvalue weighted by Gasteiger charge is 2.21. The molecular formula is C13H14FN3. The standard InChI is InChI=1S/C13H14FN3/c1-9-2-3-10(8-11(9)14)12-4-5-15-13-16-6-7-17(12)13/h2-3,6-8,12H,4-5H2,1H3,(H,15,16). The number of nitrogens with zero attached hydrogens (tertiary/aromatic N) is 2. The van der Waals surface area contributed by atoms with Crippen molar-refractivity contribution in [2.75, 3.05) is 11.9 Å². The van der Waals surface area contributed by atoms with Crippen LogP contribution in [0.1, 0.15) is 23.6 Å². The van der Waals surface area contributed by atoms with Crippen molar-refractivity contribution < 1.29 is 4.39 Å². The summed E-state index contributed by atoms with van der Waals surface area (Å²) in [4.78, 5) is 4.23. The lowest BCUT2D eigenvalue weighted by Crippen LogP contribution is -2.23. The lowest BCUT2D eigenvalue weighted by Gasteiger charge is -2.26. The minimum atomic E-state index is -0.136. The first-order valence-electron chi connectivity index (χ1n) is 5.78. The normalized spacial score (nSPS) is 18.6. The van der Waals surface area contributed by atoms with E-state index in [1.54, 1.807) is 19.2 Å². The molecule has 1 N–H and O–H groups in total. The molecule has 0 fully saturated rings. The van der Waals surface area contributed by atoms with Crippen molar-refractivity contribution in [1.82, 2.24) is 9.55 Å². The molecule has 0 saturated carbocycles. The van der Waals surface area contributed by atoms with E-state index in [0.717, 1.165) is 24.5 Å². The number of hydrogen-bond donors (Lipinski definition) is 1. The van der Waals surface area contributed by atoms with Gasteiger partial charge in [0.05, 0.1) is 6.04 Å². The number of benzene rings is 1. The van der Waals surface area contributed by atoms with Gasteiger partial charge in [-0.05, 0) is 30.5 Å². The van der Waals surface area contributed by atoms with Crippen molar-refractivity contribution in [3.05, 3.63) is 47.5 Å². The van der Waals surface area contributed by atoms with Gasteiger partial charge in [0.15, 0.2) is 0 Å². The van der Waals surface area contributed by atoms with E-state index in [9.17, 15) is 4.39 Å². The Labute approximate surface area is 99.3 Å². The molecule has 17 heavy (non-hydrogen) atoms. The summed E-state index contributed by atoms with van der Waals surface area (Å²) in [5.74, 6) is 0.727. The number of halogens is 1. The fourth-order valence-electron chi connectivity index (χ4n) is 2.30. The summed E-state index contributed by atoms with van der Waals surface area (Å²) < 4.78 is 15.7. The van der Waals surface area contributed by atoms with E-state index < -0.39 is 0 Å². The van der Waals surface area contributed by atoms with E-state index >= 15 is 0 Å². The molecule has 0 radical (unpaired) electrons. The number of rotatable bonds is 1. The van der Waals surface area contributed by atoms with E-state index in [2.05, 4.69) is 14.9 Å². The molecule has 1 aromatic heterocycles. The summed E-state index contributed by atoms with van der Waals surface area (Å²) in [6.07, 6.45) is 4.65. The van der Waals surface area contributed by atoms with E-state index in [4.69, 9.17) is 0 Å². The summed E-state index contributed by atoms with van der Waals surface area (Å²) in [5, 5.41) is 3.23. The molecule has 0 amide bonds. The van der Waals surface area contributed by atoms with Gasteiger partial charge < -0.3 is 9.88 Å². The highest BCUT2D eigenvalue weighted by molar-refractivity contribution is 5.35. The molecule has 0 spiro atoms. The molecule has 0 aliphatic carbocycles. The Kier molecular flexibility index (Phi) is 2.35. The van der Waals surface area contributed by atoms with Gasteiger partial charge in [-0.25, -0.2) is 9.37 Å². The predicted octanol–water partition coefficient (Wildman–Crippen LogP) is 2.74. The third-order valence-corrected chi connectivity index (χ3v) is 3.29. The highest BCUT2D eigenvalue weighted by Crippen LogP contribution is 2.29. The number of hydrogen-bond acceptors (Lipinski definition) is 2. The number of nitrogens with one attached hydrogen (secondary N) is 1. The van der Waals surface area contributed by atoms with Crippen LogP contribution in [0.15, 0.2) is 30.6 Å². The van der Waals surface area contributed by atoms with Crippen molar-refractivity contribution >= 4 is 5.95 Å². The van der Waals surface area contributed by atoms with Crippen LogP contribution in [0.2, 0.25) is 0 Å². The Morgan fingerprint density at radius 2 is 2.35 bits per heavy atom. The molecule has 4 heteroatoms. The highest BCUT2D eigenvalue weighted by atomic mass is 19.1. The summed E-state index contributed by atoms with van der Waals surface area (Å²) in [5.41, 5.74) is 1.70. The van der Waals surface area contributed by atoms with E-state index in [1.807, 2.05) is 18.3 Å². The summed E-state index contributed by atoms with van der Waals surface area (Å²) in [7, 11) is 0. The van der Waals surface area contributed by atoms with Crippen LogP contribution in [0.3, 0.4) is 0 Å². The van der Waals surface area contributed by atoms with Gasteiger partial charge in [0, 0.05) is 18.9 Å². The molecule has 1 atom stereocenters. The smallest absolute Gasteiger partial charge is 0.203 e. The second-order valence-corrected chi connectivity index (χ2v) is 4.40. The van der Waals surface area contributed by atoms with E-state index in [-0.39, 0.29) is 11.9 Å². The Hall–Kier alpha value is -1.84. The third kappa shape index (κ3) is 1.69. The van der Waals surface area contributed by atoms with Crippen molar-refractivity contribution in [1.29, 1.82) is 0 Å². The molecule has 1 aromatic carbocycles. The minimum Gasteiger partial charge on any atom is -0.356 e. The molecule has 3 nitrogen and oxygen atoms in total. The Bertz CT molecular complexity index is 547. The molecule has 1 aliphatic heterocycles. The summed E-state index contributed by atoms with van der Waals surface area (Å²) in [6, 6.07) is 5.65. The second-order valence-electron chi connectivity index (χ2n) is 4.40. The van der Waals surface area contributed by atoms with Gasteiger partial charge in [0.1, 0.15) is 5.82 Å². The van der Waals surface area contributed by atoms with Crippen LogP contribution in [-0.4, -0.2) is 16.1 Å². The maximum atomic E-state index is 13.6. The van der Waals surface area contributed by atoms with Crippen LogP contribution in [0.4, 0.5) is 10.3 Å². The first-order chi connectivity index (χ1) is 8.25. The molecule has 3 rings (SSSR count). The quantitative estimate of drug-likeness (QED) is 0.817. The molecule has 2 heterocycles. The maximum absolute atomic E-state index is 13.6. The van der Waals surface area contributed by atoms with Crippen LogP contribution >= 0.6 is 0 Å². The average Bonchev–Trinajstić information content (AvgIpc) is 2.80. The van der Waals surface area contributed by atoms with E-state index in [1.165, 1.54) is 0 Å². The molecule has 88 valence electrons. The largest absolute Gasteiger partial charge is 0.356 e. The van der Waals surface area contributed by atoms with Crippen LogP contribution in [0.25, 0.3) is 0 Å². The number of imidazole rings is 1. The number of fused-ring (bicyclic) bond motifs is 1. The Balaban J connectivity index is 2.03. The lowest BCUT2D eigenvalue weighted by molar-refractivity contribution is 0.524. The van der Waals surface area contributed by atoms with Gasteiger partial charge in [0.2, 0.25) is 5.95 Å². The zero-order chi connectivity index (χ0) is 11.8. The molecule has 0 saturated heterocycles. The molecular weight excluding hydrogens is 217 g/mol. The topological polar surface area (TPSA) is 29.9 Å². The summed E-state index contributed by atoms with van der Waals surface area (Å²) >= 11 is 0. The molecule has 1 aliphatic rings. The first kappa shape index (κ1) is 10.3. The Morgan fingerprint density at radius 1 is 1.47 bits per heavy atom. The number of aryl methyl sites for hydroxylation is 1. The molecule has 2 aromatic rings. The van der Waals surface area contributed by atoms with Gasteiger partial charge in [-0.15, -0.1) is 0 Å². The fraction of sp³-hybridized carbons (Fsp3) is 0.308.